The van der Waals surface area contributed by atoms with E-state index in [1.54, 1.807) is 18.9 Å². The summed E-state index contributed by atoms with van der Waals surface area (Å²) in [5.74, 6) is -3.68. The fraction of sp³-hybridized carbons (Fsp3) is 0.450. The highest BCUT2D eigenvalue weighted by atomic mass is 19.2. The van der Waals surface area contributed by atoms with Crippen molar-refractivity contribution in [2.45, 2.75) is 51.0 Å². The Morgan fingerprint density at radius 3 is 2.52 bits per heavy atom. The van der Waals surface area contributed by atoms with E-state index in [1.165, 1.54) is 6.92 Å². The lowest BCUT2D eigenvalue weighted by molar-refractivity contribution is -0.119. The quantitative estimate of drug-likeness (QED) is 0.618. The van der Waals surface area contributed by atoms with E-state index in [4.69, 9.17) is 4.74 Å². The number of aliphatic hydroxyl groups is 1. The first-order valence-electron chi connectivity index (χ1n) is 9.82. The van der Waals surface area contributed by atoms with Crippen molar-refractivity contribution in [2.24, 2.45) is 0 Å². The number of rotatable bonds is 5. The molecule has 2 aliphatic rings. The highest BCUT2D eigenvalue weighted by molar-refractivity contribution is 6.03. The standard InChI is InChI=1S/C20H22F3N5O3/c1-8-16-18(28(3)17(9(2)29)19(30)26-16)27-20(24-8)25-10-4-11(5-10)31-12-6-13(21)15(23)14(22)7-12/h6-7,9-11,17,29H,4-5H2,1-3H3,(H,26,30)(H,24,25,27)/t9-,10-,11-,17-/m0/s1. The third-order valence-corrected chi connectivity index (χ3v) is 5.48. The number of nitrogens with zero attached hydrogens (tertiary/aromatic N) is 3. The van der Waals surface area contributed by atoms with E-state index in [-0.39, 0.29) is 23.8 Å². The van der Waals surface area contributed by atoms with Crippen LogP contribution in [0.5, 0.6) is 5.75 Å². The molecule has 1 aliphatic carbocycles. The third-order valence-electron chi connectivity index (χ3n) is 5.48. The summed E-state index contributed by atoms with van der Waals surface area (Å²) in [5.41, 5.74) is 1.06. The Balaban J connectivity index is 1.42. The molecule has 2 heterocycles. The smallest absolute Gasteiger partial charge is 0.249 e. The van der Waals surface area contributed by atoms with E-state index in [0.29, 0.717) is 36.0 Å². The SMILES string of the molecule is Cc1nc(N[C@H]2C[C@H](Oc3cc(F)c(F)c(F)c3)C2)nc2c1NC(=O)[C@H]([C@H](C)O)N2C. The summed E-state index contributed by atoms with van der Waals surface area (Å²) < 4.78 is 45.2. The van der Waals surface area contributed by atoms with Gasteiger partial charge in [0.2, 0.25) is 11.9 Å². The van der Waals surface area contributed by atoms with Gasteiger partial charge in [0.1, 0.15) is 23.6 Å². The van der Waals surface area contributed by atoms with E-state index >= 15 is 0 Å². The Hall–Kier alpha value is -3.08. The van der Waals surface area contributed by atoms with Crippen LogP contribution in [0.1, 0.15) is 25.5 Å². The van der Waals surface area contributed by atoms with Crippen LogP contribution >= 0.6 is 0 Å². The second-order valence-corrected chi connectivity index (χ2v) is 7.87. The second kappa shape index (κ2) is 7.88. The van der Waals surface area contributed by atoms with Crippen molar-refractivity contribution in [1.29, 1.82) is 0 Å². The predicted octanol–water partition coefficient (Wildman–Crippen LogP) is 2.36. The van der Waals surface area contributed by atoms with E-state index in [9.17, 15) is 23.1 Å². The minimum absolute atomic E-state index is 0.0337. The van der Waals surface area contributed by atoms with Crippen molar-refractivity contribution < 1.29 is 27.8 Å². The molecule has 0 bridgehead atoms. The zero-order valence-corrected chi connectivity index (χ0v) is 17.1. The monoisotopic (exact) mass is 437 g/mol. The number of fused-ring (bicyclic) bond motifs is 1. The van der Waals surface area contributed by atoms with Crippen LogP contribution in [0.4, 0.5) is 30.6 Å². The third kappa shape index (κ3) is 3.97. The molecule has 1 fully saturated rings. The zero-order valence-electron chi connectivity index (χ0n) is 17.1. The van der Waals surface area contributed by atoms with E-state index in [1.807, 2.05) is 0 Å². The number of likely N-dealkylation sites (N-methyl/N-ethyl adjacent to an activating group) is 1. The Morgan fingerprint density at radius 1 is 1.26 bits per heavy atom. The minimum atomic E-state index is -1.53. The molecule has 0 unspecified atom stereocenters. The fourth-order valence-corrected chi connectivity index (χ4v) is 3.83. The first kappa shape index (κ1) is 21.2. The molecule has 1 saturated carbocycles. The first-order chi connectivity index (χ1) is 14.6. The molecule has 2 atom stereocenters. The number of hydrogen-bond donors (Lipinski definition) is 3. The molecule has 0 saturated heterocycles. The summed E-state index contributed by atoms with van der Waals surface area (Å²) in [6, 6.07) is 0.830. The van der Waals surface area contributed by atoms with Gasteiger partial charge in [0, 0.05) is 38.1 Å². The van der Waals surface area contributed by atoms with Crippen LogP contribution in [0.25, 0.3) is 0 Å². The van der Waals surface area contributed by atoms with E-state index in [0.717, 1.165) is 12.1 Å². The summed E-state index contributed by atoms with van der Waals surface area (Å²) >= 11 is 0. The van der Waals surface area contributed by atoms with Crippen molar-refractivity contribution in [2.75, 3.05) is 22.6 Å². The van der Waals surface area contributed by atoms with Crippen LogP contribution in [0.3, 0.4) is 0 Å². The molecule has 166 valence electrons. The Kier molecular flexibility index (Phi) is 5.38. The number of nitrogens with one attached hydrogen (secondary N) is 2. The molecule has 0 spiro atoms. The number of carbonyl (C=O) groups excluding carboxylic acids is 1. The summed E-state index contributed by atoms with van der Waals surface area (Å²) in [4.78, 5) is 22.7. The summed E-state index contributed by atoms with van der Waals surface area (Å²) in [6.07, 6.45) is -0.121. The maximum Gasteiger partial charge on any atom is 0.249 e. The molecular formula is C20H22F3N5O3. The molecule has 1 aliphatic heterocycles. The maximum absolute atomic E-state index is 13.3. The molecule has 0 radical (unpaired) electrons. The number of aliphatic hydroxyl groups excluding tert-OH is 1. The van der Waals surface area contributed by atoms with Crippen molar-refractivity contribution in [1.82, 2.24) is 9.97 Å². The lowest BCUT2D eigenvalue weighted by atomic mass is 9.89. The molecule has 3 N–H and O–H groups in total. The number of amides is 1. The van der Waals surface area contributed by atoms with Crippen LogP contribution in [0.15, 0.2) is 12.1 Å². The molecule has 1 aromatic heterocycles. The van der Waals surface area contributed by atoms with Gasteiger partial charge in [0.25, 0.3) is 0 Å². The van der Waals surface area contributed by atoms with Crippen molar-refractivity contribution in [3.63, 3.8) is 0 Å². The molecule has 1 aromatic carbocycles. The molecule has 4 rings (SSSR count). The topological polar surface area (TPSA) is 99.6 Å². The molecule has 2 aromatic rings. The Labute approximate surface area is 176 Å². The van der Waals surface area contributed by atoms with Gasteiger partial charge in [-0.2, -0.15) is 4.98 Å². The van der Waals surface area contributed by atoms with Crippen molar-refractivity contribution in [3.8, 4) is 5.75 Å². The van der Waals surface area contributed by atoms with E-state index < -0.39 is 29.6 Å². The van der Waals surface area contributed by atoms with Crippen LogP contribution < -0.4 is 20.3 Å². The number of hydrogen-bond acceptors (Lipinski definition) is 7. The fourth-order valence-electron chi connectivity index (χ4n) is 3.83. The minimum Gasteiger partial charge on any atom is -0.490 e. The molecule has 11 heteroatoms. The average molecular weight is 437 g/mol. The van der Waals surface area contributed by atoms with Crippen LogP contribution in [-0.4, -0.2) is 52.3 Å². The lowest BCUT2D eigenvalue weighted by Gasteiger charge is -2.38. The molecule has 8 nitrogen and oxygen atoms in total. The van der Waals surface area contributed by atoms with Gasteiger partial charge >= 0.3 is 0 Å². The summed E-state index contributed by atoms with van der Waals surface area (Å²) in [7, 11) is 1.68. The largest absolute Gasteiger partial charge is 0.490 e. The number of aryl methyl sites for hydroxylation is 1. The number of ether oxygens (including phenoxy) is 1. The lowest BCUT2D eigenvalue weighted by Crippen LogP contribution is -2.52. The number of carbonyl (C=O) groups is 1. The molecule has 1 amide bonds. The van der Waals surface area contributed by atoms with Crippen molar-refractivity contribution >= 4 is 23.4 Å². The second-order valence-electron chi connectivity index (χ2n) is 7.87. The highest BCUT2D eigenvalue weighted by Gasteiger charge is 2.37. The van der Waals surface area contributed by atoms with Gasteiger partial charge < -0.3 is 25.4 Å². The highest BCUT2D eigenvalue weighted by Crippen LogP contribution is 2.34. The maximum atomic E-state index is 13.3. The van der Waals surface area contributed by atoms with Gasteiger partial charge in [0.15, 0.2) is 23.3 Å². The number of benzene rings is 1. The van der Waals surface area contributed by atoms with Gasteiger partial charge in [0.05, 0.1) is 11.8 Å². The van der Waals surface area contributed by atoms with Gasteiger partial charge in [-0.3, -0.25) is 4.79 Å². The van der Waals surface area contributed by atoms with Gasteiger partial charge in [-0.1, -0.05) is 0 Å². The predicted molar refractivity (Wildman–Crippen MR) is 107 cm³/mol. The van der Waals surface area contributed by atoms with E-state index in [2.05, 4.69) is 20.6 Å². The summed E-state index contributed by atoms with van der Waals surface area (Å²) in [5, 5.41) is 15.9. The van der Waals surface area contributed by atoms with Crippen LogP contribution in [0, 0.1) is 24.4 Å². The normalized spacial score (nSPS) is 23.5. The number of aromatic nitrogens is 2. The summed E-state index contributed by atoms with van der Waals surface area (Å²) in [6.45, 7) is 3.28. The van der Waals surface area contributed by atoms with Crippen LogP contribution in [-0.2, 0) is 4.79 Å². The number of anilines is 3. The van der Waals surface area contributed by atoms with Gasteiger partial charge in [-0.05, 0) is 13.8 Å². The zero-order chi connectivity index (χ0) is 22.4. The van der Waals surface area contributed by atoms with Crippen molar-refractivity contribution in [3.05, 3.63) is 35.3 Å². The molecule has 31 heavy (non-hydrogen) atoms. The Morgan fingerprint density at radius 2 is 1.90 bits per heavy atom. The Bertz CT molecular complexity index is 1010. The van der Waals surface area contributed by atoms with Gasteiger partial charge in [-0.15, -0.1) is 0 Å². The number of halogens is 3. The first-order valence-corrected chi connectivity index (χ1v) is 9.82. The van der Waals surface area contributed by atoms with Gasteiger partial charge in [-0.25, -0.2) is 18.2 Å². The average Bonchev–Trinajstić information content (AvgIpc) is 2.65. The van der Waals surface area contributed by atoms with Crippen LogP contribution in [0.2, 0.25) is 0 Å². The molecular weight excluding hydrogens is 415 g/mol.